The molecule has 2 aliphatic rings. The average Bonchev–Trinajstić information content (AvgIpc) is 3.38. The number of carbonyl (C=O) groups excluding carboxylic acids is 6. The smallest absolute Gasteiger partial charge is 0.352 e. The van der Waals surface area contributed by atoms with Crippen molar-refractivity contribution in [3.8, 4) is 11.5 Å². The summed E-state index contributed by atoms with van der Waals surface area (Å²) in [6, 6.07) is 1.04. The van der Waals surface area contributed by atoms with Crippen LogP contribution in [0.3, 0.4) is 0 Å². The number of thioether (sulfide) groups is 1. The summed E-state index contributed by atoms with van der Waals surface area (Å²) in [5.74, 6) is -6.05. The van der Waals surface area contributed by atoms with Crippen molar-refractivity contribution in [1.29, 1.82) is 0 Å². The van der Waals surface area contributed by atoms with Gasteiger partial charge in [0.05, 0.1) is 5.69 Å². The second-order valence-corrected chi connectivity index (χ2v) is 11.3. The number of carboxylic acid groups (broad SMARTS) is 1. The summed E-state index contributed by atoms with van der Waals surface area (Å²) in [6.07, 6.45) is 0. The zero-order valence-corrected chi connectivity index (χ0v) is 24.9. The van der Waals surface area contributed by atoms with Gasteiger partial charge in [0.15, 0.2) is 22.7 Å². The standard InChI is InChI=1S/C26H25N5O11S2/c1-10(32)40-7-14-8-43-24-19(23(37)31(24)20(14)25(38)39)30-22(36)18(15-9-44-26(27)28-15)29-21(35)13-4-5-16(41-11(2)33)17(6-13)42-12(3)34/h4-6,9,18-19,24H,7-8H2,1-3H3,(H2,27,28)(H,29,35)(H,30,36)(H,38,39)/t18?,19?,24-/m0/s1. The number of esters is 3. The van der Waals surface area contributed by atoms with Gasteiger partial charge in [0.25, 0.3) is 11.8 Å². The number of nitrogens with one attached hydrogen (secondary N) is 2. The van der Waals surface area contributed by atoms with E-state index < -0.39 is 59.1 Å². The Morgan fingerprint density at radius 1 is 1.09 bits per heavy atom. The maximum Gasteiger partial charge on any atom is 0.352 e. The van der Waals surface area contributed by atoms with Gasteiger partial charge in [0, 0.05) is 43.0 Å². The Labute approximate surface area is 256 Å². The summed E-state index contributed by atoms with van der Waals surface area (Å²) < 4.78 is 15.0. The lowest BCUT2D eigenvalue weighted by atomic mass is 10.0. The van der Waals surface area contributed by atoms with Gasteiger partial charge in [0.2, 0.25) is 5.91 Å². The number of rotatable bonds is 10. The Balaban J connectivity index is 1.55. The van der Waals surface area contributed by atoms with Crippen molar-refractivity contribution >= 4 is 69.8 Å². The van der Waals surface area contributed by atoms with Crippen LogP contribution < -0.4 is 25.8 Å². The normalized spacial score (nSPS) is 17.9. The van der Waals surface area contributed by atoms with Crippen molar-refractivity contribution in [2.45, 2.75) is 38.2 Å². The molecule has 1 saturated heterocycles. The van der Waals surface area contributed by atoms with Crippen LogP contribution in [0.4, 0.5) is 5.13 Å². The molecule has 2 aliphatic heterocycles. The van der Waals surface area contributed by atoms with Crippen LogP contribution in [0.15, 0.2) is 34.8 Å². The van der Waals surface area contributed by atoms with Gasteiger partial charge in [0.1, 0.15) is 23.7 Å². The third kappa shape index (κ3) is 6.97. The molecule has 0 bridgehead atoms. The Kier molecular flexibility index (Phi) is 9.53. The van der Waals surface area contributed by atoms with E-state index in [2.05, 4.69) is 15.6 Å². The fraction of sp³-hybridized carbons (Fsp3) is 0.308. The van der Waals surface area contributed by atoms with Crippen LogP contribution in [-0.2, 0) is 33.5 Å². The number of carboxylic acids is 1. The summed E-state index contributed by atoms with van der Waals surface area (Å²) >= 11 is 2.16. The minimum absolute atomic E-state index is 0.0600. The Morgan fingerprint density at radius 2 is 1.77 bits per heavy atom. The minimum atomic E-state index is -1.45. The van der Waals surface area contributed by atoms with Crippen LogP contribution in [0.1, 0.15) is 42.9 Å². The number of carbonyl (C=O) groups is 7. The number of nitrogens with two attached hydrogens (primary N) is 1. The molecule has 232 valence electrons. The predicted octanol–water partition coefficient (Wildman–Crippen LogP) is 0.349. The van der Waals surface area contributed by atoms with Crippen molar-refractivity contribution in [2.24, 2.45) is 0 Å². The highest BCUT2D eigenvalue weighted by molar-refractivity contribution is 8.00. The quantitative estimate of drug-likeness (QED) is 0.155. The molecular formula is C26H25N5O11S2. The van der Waals surface area contributed by atoms with Crippen LogP contribution in [-0.4, -0.2) is 80.4 Å². The number of β-lactam (4-membered cyclic amide) rings is 1. The molecule has 0 saturated carbocycles. The number of anilines is 1. The van der Waals surface area contributed by atoms with Crippen LogP contribution in [0, 0.1) is 0 Å². The Morgan fingerprint density at radius 3 is 2.36 bits per heavy atom. The van der Waals surface area contributed by atoms with Crippen LogP contribution in [0.5, 0.6) is 11.5 Å². The van der Waals surface area contributed by atoms with E-state index in [0.29, 0.717) is 0 Å². The van der Waals surface area contributed by atoms with Crippen molar-refractivity contribution in [1.82, 2.24) is 20.5 Å². The molecule has 3 atom stereocenters. The molecule has 0 spiro atoms. The Bertz CT molecular complexity index is 1600. The van der Waals surface area contributed by atoms with Gasteiger partial charge in [-0.1, -0.05) is 0 Å². The second-order valence-electron chi connectivity index (χ2n) is 9.30. The highest BCUT2D eigenvalue weighted by atomic mass is 32.2. The SMILES string of the molecule is CC(=O)OCC1=C(C(=O)O)N2C(=O)C(NC(=O)C(NC(=O)c3ccc(OC(C)=O)c(OC(C)=O)c3)c3csc(N)n3)[C@@H]2SC1. The number of hydrogen-bond donors (Lipinski definition) is 4. The first-order valence-electron chi connectivity index (χ1n) is 12.6. The first-order chi connectivity index (χ1) is 20.8. The third-order valence-corrected chi connectivity index (χ3v) is 8.12. The molecule has 5 N–H and O–H groups in total. The molecule has 1 aromatic heterocycles. The largest absolute Gasteiger partial charge is 0.477 e. The molecule has 3 heterocycles. The Hall–Kier alpha value is -4.97. The van der Waals surface area contributed by atoms with Crippen LogP contribution in [0.25, 0.3) is 0 Å². The number of fused-ring (bicyclic) bond motifs is 1. The molecule has 0 radical (unpaired) electrons. The van der Waals surface area contributed by atoms with E-state index in [9.17, 15) is 38.7 Å². The number of nitrogen functional groups attached to an aromatic ring is 1. The van der Waals surface area contributed by atoms with E-state index in [0.717, 1.165) is 47.9 Å². The molecule has 16 nitrogen and oxygen atoms in total. The highest BCUT2D eigenvalue weighted by Crippen LogP contribution is 2.40. The summed E-state index contributed by atoms with van der Waals surface area (Å²) in [4.78, 5) is 91.1. The van der Waals surface area contributed by atoms with Gasteiger partial charge in [-0.2, -0.15) is 0 Å². The first-order valence-corrected chi connectivity index (χ1v) is 14.6. The van der Waals surface area contributed by atoms with E-state index >= 15 is 0 Å². The van der Waals surface area contributed by atoms with Crippen molar-refractivity contribution in [3.63, 3.8) is 0 Å². The van der Waals surface area contributed by atoms with Crippen molar-refractivity contribution < 1.29 is 52.9 Å². The number of aliphatic carboxylic acids is 1. The maximum atomic E-state index is 13.5. The van der Waals surface area contributed by atoms with Gasteiger partial charge in [-0.25, -0.2) is 9.78 Å². The maximum absolute atomic E-state index is 13.5. The van der Waals surface area contributed by atoms with E-state index in [1.165, 1.54) is 24.4 Å². The fourth-order valence-electron chi connectivity index (χ4n) is 4.26. The topological polar surface area (TPSA) is 234 Å². The van der Waals surface area contributed by atoms with Crippen molar-refractivity contribution in [2.75, 3.05) is 18.1 Å². The average molecular weight is 648 g/mol. The zero-order valence-electron chi connectivity index (χ0n) is 23.3. The van der Waals surface area contributed by atoms with Gasteiger partial charge in [-0.05, 0) is 18.2 Å². The number of hydrogen-bond acceptors (Lipinski definition) is 14. The number of benzene rings is 1. The summed E-state index contributed by atoms with van der Waals surface area (Å²) in [5, 5.41) is 15.6. The number of aromatic nitrogens is 1. The van der Waals surface area contributed by atoms with Gasteiger partial charge < -0.3 is 35.7 Å². The van der Waals surface area contributed by atoms with Crippen LogP contribution >= 0.6 is 23.1 Å². The molecule has 1 aromatic carbocycles. The number of thiazole rings is 1. The molecule has 0 aliphatic carbocycles. The van der Waals surface area contributed by atoms with Gasteiger partial charge >= 0.3 is 23.9 Å². The molecule has 3 amide bonds. The van der Waals surface area contributed by atoms with E-state index in [1.54, 1.807) is 0 Å². The molecular weight excluding hydrogens is 622 g/mol. The van der Waals surface area contributed by atoms with Crippen LogP contribution in [0.2, 0.25) is 0 Å². The molecule has 1 fully saturated rings. The predicted molar refractivity (Wildman–Crippen MR) is 152 cm³/mol. The molecule has 18 heteroatoms. The zero-order chi connectivity index (χ0) is 32.3. The number of ether oxygens (including phenoxy) is 3. The monoisotopic (exact) mass is 647 g/mol. The van der Waals surface area contributed by atoms with Gasteiger partial charge in [-0.3, -0.25) is 33.7 Å². The summed E-state index contributed by atoms with van der Waals surface area (Å²) in [5.41, 5.74) is 5.62. The lowest BCUT2D eigenvalue weighted by Gasteiger charge is -2.49. The molecule has 44 heavy (non-hydrogen) atoms. The molecule has 4 rings (SSSR count). The highest BCUT2D eigenvalue weighted by Gasteiger charge is 2.54. The third-order valence-electron chi connectivity index (χ3n) is 6.08. The van der Waals surface area contributed by atoms with E-state index in [-0.39, 0.29) is 51.5 Å². The summed E-state index contributed by atoms with van der Waals surface area (Å²) in [6.45, 7) is 3.11. The first kappa shape index (κ1) is 32.0. The number of nitrogens with zero attached hydrogens (tertiary/aromatic N) is 2. The lowest BCUT2D eigenvalue weighted by Crippen LogP contribution is -2.71. The second kappa shape index (κ2) is 13.1. The summed E-state index contributed by atoms with van der Waals surface area (Å²) in [7, 11) is 0. The van der Waals surface area contributed by atoms with Crippen molar-refractivity contribution in [3.05, 3.63) is 46.1 Å². The lowest BCUT2D eigenvalue weighted by molar-refractivity contribution is -0.151. The van der Waals surface area contributed by atoms with E-state index in [4.69, 9.17) is 19.9 Å². The molecule has 2 unspecified atom stereocenters. The van der Waals surface area contributed by atoms with Gasteiger partial charge in [-0.15, -0.1) is 23.1 Å². The number of amides is 3. The fourth-order valence-corrected chi connectivity index (χ4v) is 6.18. The van der Waals surface area contributed by atoms with E-state index in [1.807, 2.05) is 0 Å². The minimum Gasteiger partial charge on any atom is -0.477 e. The molecule has 2 aromatic rings.